The quantitative estimate of drug-likeness (QED) is 0.606. The van der Waals surface area contributed by atoms with Crippen LogP contribution in [0.1, 0.15) is 30.4 Å². The fraction of sp³-hybridized carbons (Fsp3) is 0.522. The first-order chi connectivity index (χ1) is 16.1. The summed E-state index contributed by atoms with van der Waals surface area (Å²) in [6.45, 7) is 4.51. The average molecular weight is 480 g/mol. The van der Waals surface area contributed by atoms with E-state index in [0.717, 1.165) is 25.5 Å². The Morgan fingerprint density at radius 1 is 1.18 bits per heavy atom. The van der Waals surface area contributed by atoms with Gasteiger partial charge in [-0.25, -0.2) is 0 Å². The lowest BCUT2D eigenvalue weighted by Crippen LogP contribution is -2.47. The third-order valence-corrected chi connectivity index (χ3v) is 6.30. The Morgan fingerprint density at radius 2 is 1.97 bits per heavy atom. The van der Waals surface area contributed by atoms with Gasteiger partial charge < -0.3 is 20.4 Å². The molecule has 3 heterocycles. The van der Waals surface area contributed by atoms with Crippen LogP contribution in [0, 0.1) is 6.92 Å². The maximum absolute atomic E-state index is 12.9. The molecule has 1 aromatic carbocycles. The van der Waals surface area contributed by atoms with E-state index in [4.69, 9.17) is 0 Å². The zero-order valence-corrected chi connectivity index (χ0v) is 18.8. The number of carbonyl (C=O) groups is 1. The molecule has 2 aromatic rings. The van der Waals surface area contributed by atoms with Gasteiger partial charge in [-0.2, -0.15) is 13.2 Å². The van der Waals surface area contributed by atoms with Crippen molar-refractivity contribution in [3.8, 4) is 17.0 Å². The summed E-state index contributed by atoms with van der Waals surface area (Å²) < 4.78 is 38.6. The number of halogens is 3. The van der Waals surface area contributed by atoms with Crippen molar-refractivity contribution >= 4 is 11.7 Å². The highest BCUT2D eigenvalue weighted by Crippen LogP contribution is 2.36. The molecule has 2 saturated heterocycles. The van der Waals surface area contributed by atoms with E-state index >= 15 is 0 Å². The molecule has 0 spiro atoms. The van der Waals surface area contributed by atoms with Crippen molar-refractivity contribution in [2.24, 2.45) is 0 Å². The Labute approximate surface area is 195 Å². The number of aryl methyl sites for hydroxylation is 1. The monoisotopic (exact) mass is 479 g/mol. The molecule has 8 nitrogen and oxygen atoms in total. The van der Waals surface area contributed by atoms with E-state index < -0.39 is 23.6 Å². The summed E-state index contributed by atoms with van der Waals surface area (Å²) in [5.41, 5.74) is 0.210. The number of aromatic hydroxyl groups is 1. The molecule has 0 bridgehead atoms. The van der Waals surface area contributed by atoms with Crippen LogP contribution in [0.15, 0.2) is 24.3 Å². The number of benzene rings is 1. The molecule has 2 fully saturated rings. The van der Waals surface area contributed by atoms with E-state index in [9.17, 15) is 28.2 Å². The molecule has 0 aliphatic carbocycles. The number of alkyl halides is 3. The van der Waals surface area contributed by atoms with Crippen LogP contribution in [0.2, 0.25) is 0 Å². The maximum Gasteiger partial charge on any atom is 0.416 e. The third kappa shape index (κ3) is 5.58. The second kappa shape index (κ2) is 9.75. The predicted molar refractivity (Wildman–Crippen MR) is 119 cm³/mol. The summed E-state index contributed by atoms with van der Waals surface area (Å²) in [4.78, 5) is 16.3. The lowest BCUT2D eigenvalue weighted by Gasteiger charge is -2.33. The number of nitrogens with one attached hydrogen (secondary N) is 1. The second-order valence-electron chi connectivity index (χ2n) is 8.99. The fourth-order valence-electron chi connectivity index (χ4n) is 4.52. The SMILES string of the molecule is Cc1cc(N[C@@H]2CCCN(CC(=O)N3CC[C@@H](O)C3)C2)nnc1-c1ccc(C(F)(F)F)cc1O. The number of hydrogen-bond acceptors (Lipinski definition) is 7. The Morgan fingerprint density at radius 3 is 2.62 bits per heavy atom. The molecule has 11 heteroatoms. The van der Waals surface area contributed by atoms with E-state index in [0.29, 0.717) is 55.7 Å². The van der Waals surface area contributed by atoms with Gasteiger partial charge in [0.15, 0.2) is 0 Å². The molecule has 2 atom stereocenters. The molecule has 2 aliphatic rings. The number of likely N-dealkylation sites (tertiary alicyclic amines) is 2. The number of aliphatic hydroxyl groups excluding tert-OH is 1. The van der Waals surface area contributed by atoms with Crippen molar-refractivity contribution in [1.29, 1.82) is 0 Å². The topological polar surface area (TPSA) is 102 Å². The first kappa shape index (κ1) is 24.2. The van der Waals surface area contributed by atoms with Gasteiger partial charge in [-0.3, -0.25) is 9.69 Å². The first-order valence-corrected chi connectivity index (χ1v) is 11.3. The van der Waals surface area contributed by atoms with Gasteiger partial charge in [0.25, 0.3) is 0 Å². The number of nitrogens with zero attached hydrogens (tertiary/aromatic N) is 4. The summed E-state index contributed by atoms with van der Waals surface area (Å²) in [6.07, 6.45) is -2.55. The van der Waals surface area contributed by atoms with Crippen molar-refractivity contribution in [1.82, 2.24) is 20.0 Å². The molecular formula is C23H28F3N5O3. The van der Waals surface area contributed by atoms with Gasteiger partial charge >= 0.3 is 6.18 Å². The smallest absolute Gasteiger partial charge is 0.416 e. The minimum atomic E-state index is -4.54. The van der Waals surface area contributed by atoms with E-state index in [1.165, 1.54) is 6.07 Å². The predicted octanol–water partition coefficient (Wildman–Crippen LogP) is 2.65. The van der Waals surface area contributed by atoms with Crippen molar-refractivity contribution in [3.63, 3.8) is 0 Å². The molecule has 1 amide bonds. The summed E-state index contributed by atoms with van der Waals surface area (Å²) in [5.74, 6) is 0.0353. The molecule has 2 aliphatic heterocycles. The van der Waals surface area contributed by atoms with Crippen LogP contribution in [0.25, 0.3) is 11.3 Å². The zero-order valence-electron chi connectivity index (χ0n) is 18.8. The number of aliphatic hydroxyl groups is 1. The maximum atomic E-state index is 12.9. The van der Waals surface area contributed by atoms with E-state index in [1.807, 2.05) is 0 Å². The molecule has 1 aromatic heterocycles. The highest BCUT2D eigenvalue weighted by atomic mass is 19.4. The fourth-order valence-corrected chi connectivity index (χ4v) is 4.52. The number of anilines is 1. The first-order valence-electron chi connectivity index (χ1n) is 11.3. The van der Waals surface area contributed by atoms with Crippen LogP contribution >= 0.6 is 0 Å². The van der Waals surface area contributed by atoms with E-state index in [1.54, 1.807) is 17.9 Å². The van der Waals surface area contributed by atoms with E-state index in [-0.39, 0.29) is 17.5 Å². The average Bonchev–Trinajstić information content (AvgIpc) is 3.20. The summed E-state index contributed by atoms with van der Waals surface area (Å²) in [7, 11) is 0. The lowest BCUT2D eigenvalue weighted by molar-refractivity contribution is -0.137. The highest BCUT2D eigenvalue weighted by molar-refractivity contribution is 5.78. The van der Waals surface area contributed by atoms with Gasteiger partial charge in [-0.1, -0.05) is 0 Å². The molecule has 34 heavy (non-hydrogen) atoms. The molecule has 184 valence electrons. The number of hydrogen-bond donors (Lipinski definition) is 3. The van der Waals surface area contributed by atoms with Crippen molar-refractivity contribution in [2.75, 3.05) is 38.0 Å². The Bertz CT molecular complexity index is 1050. The molecule has 4 rings (SSSR count). The van der Waals surface area contributed by atoms with Gasteiger partial charge in [0.2, 0.25) is 5.91 Å². The van der Waals surface area contributed by atoms with Crippen LogP contribution in [-0.4, -0.2) is 81.0 Å². The molecule has 3 N–H and O–H groups in total. The van der Waals surface area contributed by atoms with Crippen molar-refractivity contribution in [3.05, 3.63) is 35.4 Å². The lowest BCUT2D eigenvalue weighted by atomic mass is 10.0. The molecule has 0 saturated carbocycles. The van der Waals surface area contributed by atoms with Crippen LogP contribution < -0.4 is 5.32 Å². The molecule has 0 unspecified atom stereocenters. The Hall–Kier alpha value is -2.92. The number of phenolic OH excluding ortho intramolecular Hbond substituents is 1. The van der Waals surface area contributed by atoms with E-state index in [2.05, 4.69) is 20.4 Å². The Kier molecular flexibility index (Phi) is 6.94. The number of phenols is 1. The number of rotatable bonds is 5. The number of amides is 1. The number of carbonyl (C=O) groups excluding carboxylic acids is 1. The van der Waals surface area contributed by atoms with Crippen LogP contribution in [0.4, 0.5) is 19.0 Å². The minimum Gasteiger partial charge on any atom is -0.507 e. The highest BCUT2D eigenvalue weighted by Gasteiger charge is 2.31. The summed E-state index contributed by atoms with van der Waals surface area (Å²) in [6, 6.07) is 4.59. The Balaban J connectivity index is 1.39. The van der Waals surface area contributed by atoms with Crippen molar-refractivity contribution < 1.29 is 28.2 Å². The van der Waals surface area contributed by atoms with Gasteiger partial charge in [0.1, 0.15) is 11.6 Å². The van der Waals surface area contributed by atoms with Gasteiger partial charge in [0.05, 0.1) is 23.9 Å². The summed E-state index contributed by atoms with van der Waals surface area (Å²) >= 11 is 0. The largest absolute Gasteiger partial charge is 0.507 e. The van der Waals surface area contributed by atoms with Gasteiger partial charge in [0, 0.05) is 31.2 Å². The van der Waals surface area contributed by atoms with Gasteiger partial charge in [-0.05, 0) is 62.6 Å². The standard InChI is InChI=1S/C23H28F3N5O3/c1-14-9-20(28-29-22(14)18-5-4-15(10-19(18)33)23(24,25)26)27-16-3-2-7-30(11-16)13-21(34)31-8-6-17(32)12-31/h4-5,9-10,16-17,32-33H,2-3,6-8,11-13H2,1H3,(H,27,28)/t16-,17-/m1/s1. The zero-order chi connectivity index (χ0) is 24.5. The third-order valence-electron chi connectivity index (χ3n) is 6.30. The minimum absolute atomic E-state index is 0.0218. The van der Waals surface area contributed by atoms with Gasteiger partial charge in [-0.15, -0.1) is 10.2 Å². The van der Waals surface area contributed by atoms with Crippen LogP contribution in [-0.2, 0) is 11.0 Å². The number of aromatic nitrogens is 2. The number of β-amino-alcohol motifs (C(OH)–C–C–N with tert-alkyl or cyclic N) is 1. The van der Waals surface area contributed by atoms with Crippen LogP contribution in [0.3, 0.4) is 0 Å². The van der Waals surface area contributed by atoms with Crippen molar-refractivity contribution in [2.45, 2.75) is 44.5 Å². The normalized spacial score (nSPS) is 21.6. The second-order valence-corrected chi connectivity index (χ2v) is 8.99. The molecular weight excluding hydrogens is 451 g/mol. The number of piperidine rings is 1. The van der Waals surface area contributed by atoms with Crippen LogP contribution in [0.5, 0.6) is 5.75 Å². The molecule has 0 radical (unpaired) electrons. The summed E-state index contributed by atoms with van der Waals surface area (Å²) in [5, 5.41) is 31.4.